The van der Waals surface area contributed by atoms with E-state index < -0.39 is 0 Å². The van der Waals surface area contributed by atoms with Gasteiger partial charge in [-0.1, -0.05) is 30.3 Å². The van der Waals surface area contributed by atoms with Crippen molar-refractivity contribution in [3.8, 4) is 0 Å². The molecule has 0 fully saturated rings. The molecular formula is C18H27N5. The van der Waals surface area contributed by atoms with Gasteiger partial charge in [0, 0.05) is 39.6 Å². The quantitative estimate of drug-likeness (QED) is 0.486. The molecule has 5 nitrogen and oxygen atoms in total. The maximum absolute atomic E-state index is 4.67. The summed E-state index contributed by atoms with van der Waals surface area (Å²) in [5.74, 6) is 2.02. The summed E-state index contributed by atoms with van der Waals surface area (Å²) in [6.07, 6.45) is 6.13. The van der Waals surface area contributed by atoms with Gasteiger partial charge in [0.15, 0.2) is 5.96 Å². The molecule has 0 aliphatic rings. The van der Waals surface area contributed by atoms with E-state index in [-0.39, 0.29) is 0 Å². The Bertz CT molecular complexity index is 601. The summed E-state index contributed by atoms with van der Waals surface area (Å²) in [6.45, 7) is 4.69. The molecule has 1 N–H and O–H groups in total. The lowest BCUT2D eigenvalue weighted by Gasteiger charge is -2.17. The zero-order valence-corrected chi connectivity index (χ0v) is 14.4. The van der Waals surface area contributed by atoms with Crippen molar-refractivity contribution in [2.45, 2.75) is 32.9 Å². The Labute approximate surface area is 139 Å². The van der Waals surface area contributed by atoms with Gasteiger partial charge < -0.3 is 14.8 Å². The maximum atomic E-state index is 4.67. The van der Waals surface area contributed by atoms with E-state index in [9.17, 15) is 0 Å². The number of hydrogen-bond acceptors (Lipinski definition) is 2. The Morgan fingerprint density at radius 1 is 1.22 bits per heavy atom. The van der Waals surface area contributed by atoms with E-state index in [1.807, 2.05) is 56.5 Å². The normalized spacial score (nSPS) is 11.5. The van der Waals surface area contributed by atoms with Crippen molar-refractivity contribution < 1.29 is 0 Å². The van der Waals surface area contributed by atoms with Crippen molar-refractivity contribution in [1.29, 1.82) is 0 Å². The molecule has 0 aliphatic heterocycles. The van der Waals surface area contributed by atoms with E-state index in [1.54, 1.807) is 0 Å². The minimum atomic E-state index is 0.704. The smallest absolute Gasteiger partial charge is 0.193 e. The molecule has 124 valence electrons. The first-order chi connectivity index (χ1) is 11.2. The van der Waals surface area contributed by atoms with Crippen LogP contribution in [0.1, 0.15) is 24.2 Å². The fourth-order valence-corrected chi connectivity index (χ4v) is 2.35. The number of aryl methyl sites for hydroxylation is 2. The van der Waals surface area contributed by atoms with Gasteiger partial charge in [-0.25, -0.2) is 9.98 Å². The van der Waals surface area contributed by atoms with Crippen molar-refractivity contribution in [2.75, 3.05) is 20.6 Å². The molecule has 0 spiro atoms. The highest BCUT2D eigenvalue weighted by atomic mass is 15.3. The second-order valence-corrected chi connectivity index (χ2v) is 5.82. The van der Waals surface area contributed by atoms with E-state index in [2.05, 4.69) is 32.0 Å². The topological polar surface area (TPSA) is 45.5 Å². The van der Waals surface area contributed by atoms with Crippen LogP contribution < -0.4 is 5.32 Å². The van der Waals surface area contributed by atoms with Crippen LogP contribution in [0, 0.1) is 6.92 Å². The molecule has 0 radical (unpaired) electrons. The summed E-state index contributed by atoms with van der Waals surface area (Å²) in [7, 11) is 4.04. The van der Waals surface area contributed by atoms with Gasteiger partial charge in [0.05, 0.1) is 6.54 Å². The number of unbranched alkanes of at least 4 members (excludes halogenated alkanes) is 1. The zero-order valence-electron chi connectivity index (χ0n) is 14.4. The number of benzene rings is 1. The Morgan fingerprint density at radius 3 is 2.65 bits per heavy atom. The van der Waals surface area contributed by atoms with Gasteiger partial charge in [0.1, 0.15) is 5.82 Å². The molecule has 2 aromatic rings. The third kappa shape index (κ3) is 5.77. The van der Waals surface area contributed by atoms with Crippen LogP contribution in [0.3, 0.4) is 0 Å². The van der Waals surface area contributed by atoms with Gasteiger partial charge in [0.25, 0.3) is 0 Å². The highest BCUT2D eigenvalue weighted by molar-refractivity contribution is 5.79. The maximum Gasteiger partial charge on any atom is 0.193 e. The second-order valence-electron chi connectivity index (χ2n) is 5.82. The van der Waals surface area contributed by atoms with Crippen molar-refractivity contribution in [3.05, 3.63) is 54.1 Å². The van der Waals surface area contributed by atoms with Gasteiger partial charge in [-0.2, -0.15) is 0 Å². The average Bonchev–Trinajstić information content (AvgIpc) is 2.96. The first-order valence-corrected chi connectivity index (χ1v) is 8.14. The largest absolute Gasteiger partial charge is 0.356 e. The third-order valence-electron chi connectivity index (χ3n) is 3.71. The monoisotopic (exact) mass is 313 g/mol. The van der Waals surface area contributed by atoms with E-state index in [4.69, 9.17) is 0 Å². The summed E-state index contributed by atoms with van der Waals surface area (Å²) in [5, 5.41) is 3.44. The number of nitrogens with zero attached hydrogens (tertiary/aromatic N) is 4. The lowest BCUT2D eigenvalue weighted by atomic mass is 10.2. The van der Waals surface area contributed by atoms with E-state index >= 15 is 0 Å². The van der Waals surface area contributed by atoms with Crippen LogP contribution >= 0.6 is 0 Å². The predicted octanol–water partition coefficient (Wildman–Crippen LogP) is 2.68. The highest BCUT2D eigenvalue weighted by Crippen LogP contribution is 2.01. The van der Waals surface area contributed by atoms with Crippen molar-refractivity contribution in [3.63, 3.8) is 0 Å². The van der Waals surface area contributed by atoms with Crippen molar-refractivity contribution in [2.24, 2.45) is 4.99 Å². The molecule has 0 atom stereocenters. The summed E-state index contributed by atoms with van der Waals surface area (Å²) >= 11 is 0. The molecule has 5 heteroatoms. The van der Waals surface area contributed by atoms with Crippen LogP contribution in [0.5, 0.6) is 0 Å². The highest BCUT2D eigenvalue weighted by Gasteiger charge is 2.01. The second kappa shape index (κ2) is 8.98. The number of hydrogen-bond donors (Lipinski definition) is 1. The number of imidazole rings is 1. The van der Waals surface area contributed by atoms with Crippen molar-refractivity contribution >= 4 is 5.96 Å². The molecule has 0 amide bonds. The van der Waals surface area contributed by atoms with Crippen LogP contribution in [0.25, 0.3) is 0 Å². The minimum absolute atomic E-state index is 0.704. The molecule has 0 unspecified atom stereocenters. The van der Waals surface area contributed by atoms with Gasteiger partial charge in [0.2, 0.25) is 0 Å². The Morgan fingerprint density at radius 2 is 2.00 bits per heavy atom. The average molecular weight is 313 g/mol. The molecular weight excluding hydrogens is 286 g/mol. The molecule has 1 aromatic carbocycles. The number of guanidine groups is 1. The molecule has 23 heavy (non-hydrogen) atoms. The Hall–Kier alpha value is -2.30. The standard InChI is InChI=1S/C18H27N5/c1-16-19-12-14-23(16)13-8-7-11-20-18(22(2)3)21-15-17-9-5-4-6-10-17/h4-6,9-10,12,14H,7-8,11,13,15H2,1-3H3,(H,20,21). The summed E-state index contributed by atoms with van der Waals surface area (Å²) in [5.41, 5.74) is 1.23. The van der Waals surface area contributed by atoms with Gasteiger partial charge in [-0.05, 0) is 25.3 Å². The SMILES string of the molecule is Cc1nccn1CCCCNC(=NCc1ccccc1)N(C)C. The number of nitrogens with one attached hydrogen (secondary N) is 1. The molecule has 2 rings (SSSR count). The summed E-state index contributed by atoms with van der Waals surface area (Å²) < 4.78 is 2.19. The van der Waals surface area contributed by atoms with Crippen LogP contribution in [-0.4, -0.2) is 41.1 Å². The zero-order chi connectivity index (χ0) is 16.5. The van der Waals surface area contributed by atoms with Gasteiger partial charge in [-0.3, -0.25) is 0 Å². The number of aromatic nitrogens is 2. The first kappa shape index (κ1) is 17.1. The number of rotatable bonds is 7. The van der Waals surface area contributed by atoms with E-state index in [0.717, 1.165) is 37.7 Å². The molecule has 0 bridgehead atoms. The van der Waals surface area contributed by atoms with Crippen molar-refractivity contribution in [1.82, 2.24) is 19.8 Å². The molecule has 0 saturated heterocycles. The third-order valence-corrected chi connectivity index (χ3v) is 3.71. The minimum Gasteiger partial charge on any atom is -0.356 e. The molecule has 1 heterocycles. The van der Waals surface area contributed by atoms with E-state index in [0.29, 0.717) is 6.54 Å². The number of aliphatic imine (C=N–C) groups is 1. The lowest BCUT2D eigenvalue weighted by molar-refractivity contribution is 0.553. The molecule has 0 aliphatic carbocycles. The van der Waals surface area contributed by atoms with E-state index in [1.165, 1.54) is 5.56 Å². The van der Waals surface area contributed by atoms with Crippen LogP contribution in [-0.2, 0) is 13.1 Å². The predicted molar refractivity (Wildman–Crippen MR) is 95.5 cm³/mol. The Balaban J connectivity index is 1.73. The molecule has 0 saturated carbocycles. The lowest BCUT2D eigenvalue weighted by Crippen LogP contribution is -2.37. The van der Waals surface area contributed by atoms with Gasteiger partial charge in [-0.15, -0.1) is 0 Å². The van der Waals surface area contributed by atoms with Gasteiger partial charge >= 0.3 is 0 Å². The Kier molecular flexibility index (Phi) is 6.66. The fraction of sp³-hybridized carbons (Fsp3) is 0.444. The summed E-state index contributed by atoms with van der Waals surface area (Å²) in [4.78, 5) is 10.9. The van der Waals surface area contributed by atoms with Crippen LogP contribution in [0.2, 0.25) is 0 Å². The molecule has 1 aromatic heterocycles. The van der Waals surface area contributed by atoms with Crippen LogP contribution in [0.4, 0.5) is 0 Å². The first-order valence-electron chi connectivity index (χ1n) is 8.14. The fourth-order valence-electron chi connectivity index (χ4n) is 2.35. The summed E-state index contributed by atoms with van der Waals surface area (Å²) in [6, 6.07) is 10.3. The van der Waals surface area contributed by atoms with Crippen LogP contribution in [0.15, 0.2) is 47.7 Å².